The maximum absolute atomic E-state index is 12.6. The van der Waals surface area contributed by atoms with Crippen molar-refractivity contribution in [2.24, 2.45) is 0 Å². The summed E-state index contributed by atoms with van der Waals surface area (Å²) in [5.74, 6) is 1.00. The highest BCUT2D eigenvalue weighted by Gasteiger charge is 2.12. The van der Waals surface area contributed by atoms with Crippen LogP contribution < -0.4 is 15.4 Å². The number of carbonyl (C=O) groups is 1. The second-order valence-corrected chi connectivity index (χ2v) is 7.81. The number of carbonyl (C=O) groups excluding carboxylic acids is 1. The molecule has 0 aliphatic carbocycles. The molecule has 0 unspecified atom stereocenters. The lowest BCUT2D eigenvalue weighted by atomic mass is 10.1. The Labute approximate surface area is 195 Å². The van der Waals surface area contributed by atoms with E-state index in [1.54, 1.807) is 13.2 Å². The molecule has 2 N–H and O–H groups in total. The third-order valence-electron chi connectivity index (χ3n) is 5.22. The first-order valence-corrected chi connectivity index (χ1v) is 10.7. The molecule has 1 heterocycles. The summed E-state index contributed by atoms with van der Waals surface area (Å²) in [6.45, 7) is 0. The van der Waals surface area contributed by atoms with Crippen molar-refractivity contribution >= 4 is 50.8 Å². The molecule has 1 amide bonds. The van der Waals surface area contributed by atoms with Gasteiger partial charge in [-0.05, 0) is 77.6 Å². The molecule has 0 aliphatic rings. The Morgan fingerprint density at radius 1 is 0.939 bits per heavy atom. The van der Waals surface area contributed by atoms with Crippen molar-refractivity contribution < 1.29 is 13.9 Å². The molecular weight excluding hydrogens is 434 g/mol. The van der Waals surface area contributed by atoms with E-state index >= 15 is 0 Å². The number of benzene rings is 4. The van der Waals surface area contributed by atoms with Gasteiger partial charge in [0.15, 0.2) is 10.7 Å². The van der Waals surface area contributed by atoms with E-state index in [-0.39, 0.29) is 11.0 Å². The van der Waals surface area contributed by atoms with E-state index in [9.17, 15) is 4.79 Å². The van der Waals surface area contributed by atoms with E-state index in [4.69, 9.17) is 21.4 Å². The van der Waals surface area contributed by atoms with Gasteiger partial charge in [-0.1, -0.05) is 30.3 Å². The second-order valence-electron chi connectivity index (χ2n) is 7.40. The normalized spacial score (nSPS) is 10.8. The molecule has 0 atom stereocenters. The molecule has 6 nitrogen and oxygen atoms in total. The molecular formula is C26H19N3O3S. The van der Waals surface area contributed by atoms with Gasteiger partial charge < -0.3 is 14.5 Å². The molecule has 4 aromatic carbocycles. The average molecular weight is 454 g/mol. The minimum absolute atomic E-state index is 0.200. The summed E-state index contributed by atoms with van der Waals surface area (Å²) in [5, 5.41) is 8.03. The first-order chi connectivity index (χ1) is 16.1. The zero-order chi connectivity index (χ0) is 22.8. The molecule has 0 saturated heterocycles. The first-order valence-electron chi connectivity index (χ1n) is 10.3. The molecule has 33 heavy (non-hydrogen) atoms. The van der Waals surface area contributed by atoms with E-state index in [0.717, 1.165) is 22.1 Å². The first kappa shape index (κ1) is 20.7. The Balaban J connectivity index is 1.29. The van der Waals surface area contributed by atoms with Crippen molar-refractivity contribution in [3.63, 3.8) is 0 Å². The van der Waals surface area contributed by atoms with Crippen LogP contribution in [0.2, 0.25) is 0 Å². The van der Waals surface area contributed by atoms with Crippen molar-refractivity contribution in [2.45, 2.75) is 0 Å². The number of anilines is 1. The van der Waals surface area contributed by atoms with E-state index in [1.807, 2.05) is 78.9 Å². The Kier molecular flexibility index (Phi) is 5.46. The van der Waals surface area contributed by atoms with Crippen molar-refractivity contribution in [1.29, 1.82) is 0 Å². The lowest BCUT2D eigenvalue weighted by molar-refractivity contribution is 0.0978. The number of oxazole rings is 1. The Bertz CT molecular complexity index is 1490. The number of thiocarbonyl (C=S) groups is 1. The van der Waals surface area contributed by atoms with Crippen LogP contribution in [-0.2, 0) is 0 Å². The van der Waals surface area contributed by atoms with Gasteiger partial charge in [-0.2, -0.15) is 0 Å². The molecule has 0 spiro atoms. The van der Waals surface area contributed by atoms with Gasteiger partial charge in [-0.25, -0.2) is 4.98 Å². The van der Waals surface area contributed by atoms with Gasteiger partial charge in [-0.3, -0.25) is 10.1 Å². The van der Waals surface area contributed by atoms with Crippen LogP contribution in [-0.4, -0.2) is 23.1 Å². The van der Waals surface area contributed by atoms with Crippen LogP contribution in [0.15, 0.2) is 89.3 Å². The Morgan fingerprint density at radius 2 is 1.73 bits per heavy atom. The maximum atomic E-state index is 12.6. The van der Waals surface area contributed by atoms with Gasteiger partial charge in [-0.15, -0.1) is 0 Å². The number of nitrogens with one attached hydrogen (secondary N) is 2. The molecule has 0 bridgehead atoms. The fraction of sp³-hybridized carbons (Fsp3) is 0.0385. The fourth-order valence-electron chi connectivity index (χ4n) is 3.53. The number of methoxy groups -OCH3 is 1. The van der Waals surface area contributed by atoms with Crippen LogP contribution in [0.25, 0.3) is 33.3 Å². The summed E-state index contributed by atoms with van der Waals surface area (Å²) >= 11 is 5.34. The minimum Gasteiger partial charge on any atom is -0.497 e. The SMILES string of the molecule is COc1ccc(-c2nc3cc(NC(=S)NC(=O)c4ccc5ccccc5c4)ccc3o2)cc1. The molecule has 0 fully saturated rings. The van der Waals surface area contributed by atoms with Gasteiger partial charge in [0.1, 0.15) is 11.3 Å². The van der Waals surface area contributed by atoms with Crippen LogP contribution in [0, 0.1) is 0 Å². The van der Waals surface area contributed by atoms with E-state index in [0.29, 0.717) is 28.2 Å². The number of fused-ring (bicyclic) bond motifs is 2. The second kappa shape index (κ2) is 8.72. The Hall–Kier alpha value is -4.23. The molecule has 0 aliphatic heterocycles. The quantitative estimate of drug-likeness (QED) is 0.336. The molecule has 0 radical (unpaired) electrons. The standard InChI is InChI=1S/C26H19N3O3S/c1-31-21-11-8-17(9-12-21)25-28-22-15-20(10-13-23(22)32-25)27-26(33)29-24(30)19-7-6-16-4-2-3-5-18(16)14-19/h2-15H,1H3,(H2,27,29,30,33). The molecule has 0 saturated carbocycles. The smallest absolute Gasteiger partial charge is 0.257 e. The predicted molar refractivity (Wildman–Crippen MR) is 134 cm³/mol. The summed E-state index contributed by atoms with van der Waals surface area (Å²) in [5.41, 5.74) is 3.40. The highest BCUT2D eigenvalue weighted by atomic mass is 32.1. The van der Waals surface area contributed by atoms with Gasteiger partial charge in [0.2, 0.25) is 5.89 Å². The monoisotopic (exact) mass is 453 g/mol. The number of hydrogen-bond acceptors (Lipinski definition) is 5. The number of aromatic nitrogens is 1. The molecule has 5 aromatic rings. The maximum Gasteiger partial charge on any atom is 0.257 e. The van der Waals surface area contributed by atoms with Gasteiger partial charge in [0.05, 0.1) is 7.11 Å². The van der Waals surface area contributed by atoms with Gasteiger partial charge in [0.25, 0.3) is 5.91 Å². The van der Waals surface area contributed by atoms with Crippen LogP contribution in [0.4, 0.5) is 5.69 Å². The lowest BCUT2D eigenvalue weighted by Gasteiger charge is -2.10. The van der Waals surface area contributed by atoms with Crippen molar-refractivity contribution in [2.75, 3.05) is 12.4 Å². The summed E-state index contributed by atoms with van der Waals surface area (Å²) in [7, 11) is 1.62. The summed E-state index contributed by atoms with van der Waals surface area (Å²) in [6.07, 6.45) is 0. The van der Waals surface area contributed by atoms with E-state index in [1.165, 1.54) is 0 Å². The number of hydrogen-bond donors (Lipinski definition) is 2. The average Bonchev–Trinajstić information content (AvgIpc) is 3.27. The lowest BCUT2D eigenvalue weighted by Crippen LogP contribution is -2.34. The number of ether oxygens (including phenoxy) is 1. The predicted octanol–water partition coefficient (Wildman–Crippen LogP) is 5.78. The van der Waals surface area contributed by atoms with E-state index < -0.39 is 0 Å². The molecule has 162 valence electrons. The zero-order valence-corrected chi connectivity index (χ0v) is 18.5. The van der Waals surface area contributed by atoms with Crippen molar-refractivity contribution in [3.05, 3.63) is 90.5 Å². The molecule has 1 aromatic heterocycles. The van der Waals surface area contributed by atoms with Crippen molar-refractivity contribution in [1.82, 2.24) is 10.3 Å². The van der Waals surface area contributed by atoms with Crippen LogP contribution in [0.1, 0.15) is 10.4 Å². The summed E-state index contributed by atoms with van der Waals surface area (Å²) < 4.78 is 11.1. The molecule has 5 rings (SSSR count). The summed E-state index contributed by atoms with van der Waals surface area (Å²) in [4.78, 5) is 17.2. The third-order valence-corrected chi connectivity index (χ3v) is 5.43. The highest BCUT2D eigenvalue weighted by molar-refractivity contribution is 7.80. The van der Waals surface area contributed by atoms with E-state index in [2.05, 4.69) is 15.6 Å². The Morgan fingerprint density at radius 3 is 2.52 bits per heavy atom. The van der Waals surface area contributed by atoms with Crippen LogP contribution >= 0.6 is 12.2 Å². The largest absolute Gasteiger partial charge is 0.497 e. The van der Waals surface area contributed by atoms with Crippen LogP contribution in [0.5, 0.6) is 5.75 Å². The number of rotatable bonds is 4. The highest BCUT2D eigenvalue weighted by Crippen LogP contribution is 2.27. The van der Waals surface area contributed by atoms with Gasteiger partial charge in [0, 0.05) is 16.8 Å². The third kappa shape index (κ3) is 4.40. The topological polar surface area (TPSA) is 76.4 Å². The number of amides is 1. The zero-order valence-electron chi connectivity index (χ0n) is 17.7. The summed E-state index contributed by atoms with van der Waals surface area (Å²) in [6, 6.07) is 26.4. The minimum atomic E-state index is -0.275. The van der Waals surface area contributed by atoms with Gasteiger partial charge >= 0.3 is 0 Å². The number of nitrogens with zero attached hydrogens (tertiary/aromatic N) is 1. The van der Waals surface area contributed by atoms with Crippen molar-refractivity contribution in [3.8, 4) is 17.2 Å². The van der Waals surface area contributed by atoms with Crippen LogP contribution in [0.3, 0.4) is 0 Å². The fourth-order valence-corrected chi connectivity index (χ4v) is 3.74. The molecule has 7 heteroatoms.